The number of halogens is 3. The second kappa shape index (κ2) is 9.41. The number of hydrogen-bond acceptors (Lipinski definition) is 3. The molecule has 0 radical (unpaired) electrons. The number of rotatable bonds is 5. The summed E-state index contributed by atoms with van der Waals surface area (Å²) in [6.45, 7) is 0.666. The Balaban J connectivity index is 1.49. The number of carbonyl (C=O) groups is 2. The molecule has 1 aliphatic rings. The van der Waals surface area contributed by atoms with Gasteiger partial charge < -0.3 is 4.57 Å². The molecule has 0 spiro atoms. The summed E-state index contributed by atoms with van der Waals surface area (Å²) in [5.41, 5.74) is 3.45. The Kier molecular flexibility index (Phi) is 6.34. The number of hydrogen-bond donors (Lipinski definition) is 0. The van der Waals surface area contributed by atoms with Crippen LogP contribution in [0.4, 0.5) is 9.18 Å². The molecule has 0 unspecified atom stereocenters. The molecule has 1 aliphatic heterocycles. The fraction of sp³-hybridized carbons (Fsp3) is 0.0769. The number of carbonyl (C=O) groups excluding carboxylic acids is 2. The van der Waals surface area contributed by atoms with Gasteiger partial charge in [-0.25, -0.2) is 4.39 Å². The minimum Gasteiger partial charge on any atom is -0.342 e. The summed E-state index contributed by atoms with van der Waals surface area (Å²) in [7, 11) is 0. The van der Waals surface area contributed by atoms with E-state index in [4.69, 9.17) is 11.6 Å². The van der Waals surface area contributed by atoms with Crippen LogP contribution < -0.4 is 0 Å². The summed E-state index contributed by atoms with van der Waals surface area (Å²) >= 11 is 10.7. The lowest BCUT2D eigenvalue weighted by Gasteiger charge is -2.13. The zero-order chi connectivity index (χ0) is 23.8. The Morgan fingerprint density at radius 1 is 1.00 bits per heavy atom. The third kappa shape index (κ3) is 4.56. The van der Waals surface area contributed by atoms with Crippen LogP contribution in [0.25, 0.3) is 17.0 Å². The summed E-state index contributed by atoms with van der Waals surface area (Å²) in [6.07, 6.45) is 3.70. The first kappa shape index (κ1) is 22.9. The van der Waals surface area contributed by atoms with Gasteiger partial charge in [0.05, 0.1) is 11.4 Å². The van der Waals surface area contributed by atoms with Gasteiger partial charge >= 0.3 is 0 Å². The van der Waals surface area contributed by atoms with E-state index >= 15 is 0 Å². The molecule has 0 bridgehead atoms. The van der Waals surface area contributed by atoms with E-state index in [1.165, 1.54) is 17.0 Å². The van der Waals surface area contributed by atoms with Crippen molar-refractivity contribution >= 4 is 67.4 Å². The molecule has 1 saturated heterocycles. The highest BCUT2D eigenvalue weighted by molar-refractivity contribution is 9.10. The average molecular weight is 556 g/mol. The molecule has 0 N–H and O–H groups in total. The van der Waals surface area contributed by atoms with Crippen LogP contribution in [-0.2, 0) is 17.9 Å². The SMILES string of the molecule is O=C1S/C(=C\c2cn(Cc3ccc(F)cc3)c3ccc(Br)cc23)C(=O)N1Cc1ccccc1Cl. The molecular weight excluding hydrogens is 539 g/mol. The summed E-state index contributed by atoms with van der Waals surface area (Å²) in [4.78, 5) is 27.3. The molecule has 2 heterocycles. The first-order valence-corrected chi connectivity index (χ1v) is 12.4. The van der Waals surface area contributed by atoms with Gasteiger partial charge in [0.15, 0.2) is 0 Å². The highest BCUT2D eigenvalue weighted by Gasteiger charge is 2.35. The van der Waals surface area contributed by atoms with Crippen molar-refractivity contribution in [3.8, 4) is 0 Å². The Morgan fingerprint density at radius 3 is 2.53 bits per heavy atom. The van der Waals surface area contributed by atoms with Crippen molar-refractivity contribution in [3.63, 3.8) is 0 Å². The van der Waals surface area contributed by atoms with Gasteiger partial charge in [-0.3, -0.25) is 14.5 Å². The van der Waals surface area contributed by atoms with Crippen LogP contribution in [0.5, 0.6) is 0 Å². The monoisotopic (exact) mass is 554 g/mol. The summed E-state index contributed by atoms with van der Waals surface area (Å²) < 4.78 is 16.3. The van der Waals surface area contributed by atoms with E-state index in [9.17, 15) is 14.0 Å². The Labute approximate surface area is 213 Å². The molecule has 4 nitrogen and oxygen atoms in total. The maximum atomic E-state index is 13.3. The fourth-order valence-electron chi connectivity index (χ4n) is 3.90. The topological polar surface area (TPSA) is 42.3 Å². The van der Waals surface area contributed by atoms with Gasteiger partial charge in [0, 0.05) is 38.7 Å². The Hall–Kier alpha value is -2.87. The van der Waals surface area contributed by atoms with E-state index in [1.54, 1.807) is 36.4 Å². The van der Waals surface area contributed by atoms with Crippen molar-refractivity contribution < 1.29 is 14.0 Å². The highest BCUT2D eigenvalue weighted by atomic mass is 79.9. The van der Waals surface area contributed by atoms with Gasteiger partial charge in [0.2, 0.25) is 0 Å². The average Bonchev–Trinajstić information content (AvgIpc) is 3.28. The van der Waals surface area contributed by atoms with Crippen molar-refractivity contribution in [1.29, 1.82) is 0 Å². The molecule has 1 fully saturated rings. The number of amides is 2. The van der Waals surface area contributed by atoms with E-state index in [0.717, 1.165) is 38.3 Å². The second-order valence-electron chi connectivity index (χ2n) is 7.86. The molecule has 2 amide bonds. The largest absolute Gasteiger partial charge is 0.342 e. The van der Waals surface area contributed by atoms with Crippen LogP contribution in [0.15, 0.2) is 82.3 Å². The van der Waals surface area contributed by atoms with Crippen LogP contribution in [0.2, 0.25) is 5.02 Å². The van der Waals surface area contributed by atoms with E-state index in [1.807, 2.05) is 30.5 Å². The van der Waals surface area contributed by atoms with Crippen molar-refractivity contribution in [1.82, 2.24) is 9.47 Å². The maximum absolute atomic E-state index is 13.3. The lowest BCUT2D eigenvalue weighted by atomic mass is 10.1. The van der Waals surface area contributed by atoms with E-state index < -0.39 is 0 Å². The van der Waals surface area contributed by atoms with Gasteiger partial charge in [-0.05, 0) is 65.4 Å². The molecule has 1 aromatic heterocycles. The fourth-order valence-corrected chi connectivity index (χ4v) is 5.29. The Bertz CT molecular complexity index is 1470. The van der Waals surface area contributed by atoms with Gasteiger partial charge in [-0.1, -0.05) is 57.9 Å². The molecular formula is C26H17BrClFN2O2S. The molecule has 0 aliphatic carbocycles. The first-order chi connectivity index (χ1) is 16.4. The number of benzene rings is 3. The quantitative estimate of drug-likeness (QED) is 0.240. The molecule has 8 heteroatoms. The standard InChI is InChI=1S/C26H17BrClFN2O2S/c27-19-7-10-23-21(12-19)18(14-30(23)13-16-5-8-20(29)9-6-16)11-24-25(32)31(26(33)34-24)15-17-3-1-2-4-22(17)28/h1-12,14H,13,15H2/b24-11-. The summed E-state index contributed by atoms with van der Waals surface area (Å²) in [5, 5.41) is 1.13. The number of nitrogens with zero attached hydrogens (tertiary/aromatic N) is 2. The summed E-state index contributed by atoms with van der Waals surface area (Å²) in [6, 6.07) is 19.5. The number of thioether (sulfide) groups is 1. The van der Waals surface area contributed by atoms with Crippen LogP contribution >= 0.6 is 39.3 Å². The zero-order valence-corrected chi connectivity index (χ0v) is 20.8. The van der Waals surface area contributed by atoms with Crippen molar-refractivity contribution in [2.24, 2.45) is 0 Å². The Morgan fingerprint density at radius 2 is 1.76 bits per heavy atom. The first-order valence-electron chi connectivity index (χ1n) is 10.4. The van der Waals surface area contributed by atoms with E-state index in [0.29, 0.717) is 22.0 Å². The zero-order valence-electron chi connectivity index (χ0n) is 17.7. The van der Waals surface area contributed by atoms with Crippen LogP contribution in [-0.4, -0.2) is 20.6 Å². The lowest BCUT2D eigenvalue weighted by Crippen LogP contribution is -2.27. The number of imide groups is 1. The van der Waals surface area contributed by atoms with Crippen LogP contribution in [0.1, 0.15) is 16.7 Å². The third-order valence-corrected chi connectivity index (χ3v) is 7.36. The molecule has 5 rings (SSSR count). The predicted molar refractivity (Wildman–Crippen MR) is 138 cm³/mol. The molecule has 0 saturated carbocycles. The van der Waals surface area contributed by atoms with Gasteiger partial charge in [-0.15, -0.1) is 0 Å². The maximum Gasteiger partial charge on any atom is 0.293 e. The van der Waals surface area contributed by atoms with Gasteiger partial charge in [-0.2, -0.15) is 0 Å². The van der Waals surface area contributed by atoms with Gasteiger partial charge in [0.25, 0.3) is 11.1 Å². The molecule has 34 heavy (non-hydrogen) atoms. The predicted octanol–water partition coefficient (Wildman–Crippen LogP) is 7.48. The second-order valence-corrected chi connectivity index (χ2v) is 10.2. The summed E-state index contributed by atoms with van der Waals surface area (Å²) in [5.74, 6) is -0.623. The third-order valence-electron chi connectivity index (χ3n) is 5.59. The van der Waals surface area contributed by atoms with Crippen LogP contribution in [0, 0.1) is 5.82 Å². The van der Waals surface area contributed by atoms with E-state index in [-0.39, 0.29) is 23.5 Å². The normalized spacial score (nSPS) is 15.1. The molecule has 170 valence electrons. The smallest absolute Gasteiger partial charge is 0.293 e. The number of fused-ring (bicyclic) bond motifs is 1. The lowest BCUT2D eigenvalue weighted by molar-refractivity contribution is -0.123. The molecule has 3 aromatic carbocycles. The van der Waals surface area contributed by atoms with E-state index in [2.05, 4.69) is 20.5 Å². The molecule has 4 aromatic rings. The highest BCUT2D eigenvalue weighted by Crippen LogP contribution is 2.36. The van der Waals surface area contributed by atoms with Gasteiger partial charge in [0.1, 0.15) is 5.82 Å². The van der Waals surface area contributed by atoms with Crippen molar-refractivity contribution in [2.75, 3.05) is 0 Å². The number of aromatic nitrogens is 1. The molecule has 0 atom stereocenters. The van der Waals surface area contributed by atoms with Crippen molar-refractivity contribution in [2.45, 2.75) is 13.1 Å². The minimum absolute atomic E-state index is 0.125. The van der Waals surface area contributed by atoms with Crippen LogP contribution in [0.3, 0.4) is 0 Å². The minimum atomic E-state index is -0.343. The van der Waals surface area contributed by atoms with Crippen molar-refractivity contribution in [3.05, 3.63) is 110 Å².